The van der Waals surface area contributed by atoms with E-state index >= 15 is 0 Å². The zero-order chi connectivity index (χ0) is 11.4. The molecule has 3 nitrogen and oxygen atoms in total. The molecule has 15 heavy (non-hydrogen) atoms. The summed E-state index contributed by atoms with van der Waals surface area (Å²) in [6.45, 7) is 1.67. The number of rotatable bonds is 4. The zero-order valence-corrected chi connectivity index (χ0v) is 10.2. The van der Waals surface area contributed by atoms with Gasteiger partial charge in [0.15, 0.2) is 0 Å². The highest BCUT2D eigenvalue weighted by Crippen LogP contribution is 2.26. The molecule has 82 valence electrons. The van der Waals surface area contributed by atoms with Crippen LogP contribution in [0.2, 0.25) is 0 Å². The molecule has 0 bridgehead atoms. The molecule has 0 aromatic heterocycles. The average Bonchev–Trinajstić information content (AvgIpc) is 2.26. The van der Waals surface area contributed by atoms with Crippen LogP contribution in [0.1, 0.15) is 24.0 Å². The van der Waals surface area contributed by atoms with E-state index in [2.05, 4.69) is 15.9 Å². The summed E-state index contributed by atoms with van der Waals surface area (Å²) in [6, 6.07) is 5.43. The van der Waals surface area contributed by atoms with Gasteiger partial charge in [0.1, 0.15) is 5.75 Å². The number of hydrogen-bond donors (Lipinski definition) is 1. The van der Waals surface area contributed by atoms with Crippen molar-refractivity contribution in [1.29, 1.82) is 0 Å². The number of carboxylic acids is 1. The van der Waals surface area contributed by atoms with Crippen molar-refractivity contribution in [2.75, 3.05) is 7.11 Å². The van der Waals surface area contributed by atoms with Crippen LogP contribution in [0.4, 0.5) is 0 Å². The number of carbonyl (C=O) groups is 1. The van der Waals surface area contributed by atoms with Crippen molar-refractivity contribution in [2.24, 2.45) is 0 Å². The van der Waals surface area contributed by atoms with Crippen LogP contribution in [0.3, 0.4) is 0 Å². The Morgan fingerprint density at radius 3 is 2.73 bits per heavy atom. The van der Waals surface area contributed by atoms with E-state index in [0.29, 0.717) is 5.33 Å². The van der Waals surface area contributed by atoms with E-state index in [1.807, 2.05) is 6.07 Å². The van der Waals surface area contributed by atoms with E-state index < -0.39 is 11.9 Å². The Balaban J connectivity index is 3.07. The molecule has 0 saturated heterocycles. The molecule has 0 saturated carbocycles. The second-order valence-corrected chi connectivity index (χ2v) is 3.83. The molecule has 0 aliphatic heterocycles. The molecule has 4 heteroatoms. The fraction of sp³-hybridized carbons (Fsp3) is 0.364. The van der Waals surface area contributed by atoms with Crippen LogP contribution in [0.25, 0.3) is 0 Å². The van der Waals surface area contributed by atoms with Crippen LogP contribution in [-0.4, -0.2) is 18.2 Å². The molecular formula is C11H13BrO3. The van der Waals surface area contributed by atoms with E-state index in [-0.39, 0.29) is 0 Å². The van der Waals surface area contributed by atoms with E-state index in [1.54, 1.807) is 26.2 Å². The quantitative estimate of drug-likeness (QED) is 0.858. The highest BCUT2D eigenvalue weighted by Gasteiger charge is 2.15. The maximum absolute atomic E-state index is 10.8. The summed E-state index contributed by atoms with van der Waals surface area (Å²) in [5.41, 5.74) is 1.75. The lowest BCUT2D eigenvalue weighted by molar-refractivity contribution is -0.138. The van der Waals surface area contributed by atoms with Gasteiger partial charge in [0.2, 0.25) is 0 Å². The fourth-order valence-electron chi connectivity index (χ4n) is 1.31. The van der Waals surface area contributed by atoms with Gasteiger partial charge in [-0.25, -0.2) is 0 Å². The summed E-state index contributed by atoms with van der Waals surface area (Å²) >= 11 is 3.34. The Morgan fingerprint density at radius 2 is 2.27 bits per heavy atom. The third kappa shape index (κ3) is 2.72. The van der Waals surface area contributed by atoms with Crippen molar-refractivity contribution in [1.82, 2.24) is 0 Å². The van der Waals surface area contributed by atoms with Crippen molar-refractivity contribution in [3.8, 4) is 5.75 Å². The molecule has 0 aliphatic carbocycles. The third-order valence-corrected chi connectivity index (χ3v) is 2.92. The van der Waals surface area contributed by atoms with Crippen molar-refractivity contribution in [3.05, 3.63) is 29.3 Å². The lowest BCUT2D eigenvalue weighted by Gasteiger charge is -2.11. The largest absolute Gasteiger partial charge is 0.496 e. The highest BCUT2D eigenvalue weighted by atomic mass is 79.9. The second-order valence-electron chi connectivity index (χ2n) is 3.26. The SMILES string of the molecule is COc1ccc(C(C)C(=O)O)cc1CBr. The van der Waals surface area contributed by atoms with Gasteiger partial charge in [-0.2, -0.15) is 0 Å². The van der Waals surface area contributed by atoms with Gasteiger partial charge in [-0.15, -0.1) is 0 Å². The molecule has 0 spiro atoms. The molecular weight excluding hydrogens is 260 g/mol. The Morgan fingerprint density at radius 1 is 1.60 bits per heavy atom. The van der Waals surface area contributed by atoms with Gasteiger partial charge in [0.05, 0.1) is 13.0 Å². The van der Waals surface area contributed by atoms with Gasteiger partial charge in [-0.05, 0) is 18.6 Å². The number of alkyl halides is 1. The van der Waals surface area contributed by atoms with E-state index in [9.17, 15) is 4.79 Å². The smallest absolute Gasteiger partial charge is 0.310 e. The van der Waals surface area contributed by atoms with Gasteiger partial charge in [0, 0.05) is 10.9 Å². The number of hydrogen-bond acceptors (Lipinski definition) is 2. The Kier molecular flexibility index (Phi) is 4.15. The first kappa shape index (κ1) is 12.0. The number of halogens is 1. The number of aliphatic carboxylic acids is 1. The zero-order valence-electron chi connectivity index (χ0n) is 8.66. The van der Waals surface area contributed by atoms with E-state index in [4.69, 9.17) is 9.84 Å². The molecule has 1 rings (SSSR count). The number of benzene rings is 1. The molecule has 0 heterocycles. The molecule has 1 N–H and O–H groups in total. The topological polar surface area (TPSA) is 46.5 Å². The van der Waals surface area contributed by atoms with Crippen LogP contribution in [0, 0.1) is 0 Å². The maximum Gasteiger partial charge on any atom is 0.310 e. The number of ether oxygens (including phenoxy) is 1. The summed E-state index contributed by atoms with van der Waals surface area (Å²) in [5, 5.41) is 9.53. The molecule has 1 aromatic carbocycles. The summed E-state index contributed by atoms with van der Waals surface area (Å²) in [6.07, 6.45) is 0. The fourth-order valence-corrected chi connectivity index (χ4v) is 1.75. The molecule has 0 radical (unpaired) electrons. The predicted molar refractivity (Wildman–Crippen MR) is 61.7 cm³/mol. The summed E-state index contributed by atoms with van der Waals surface area (Å²) in [5.74, 6) is -0.539. The second kappa shape index (κ2) is 5.16. The molecule has 0 amide bonds. The molecule has 0 aliphatic rings. The third-order valence-electron chi connectivity index (χ3n) is 2.32. The first-order valence-corrected chi connectivity index (χ1v) is 5.68. The first-order chi connectivity index (χ1) is 7.10. The lowest BCUT2D eigenvalue weighted by Crippen LogP contribution is -2.07. The molecule has 1 unspecified atom stereocenters. The highest BCUT2D eigenvalue weighted by molar-refractivity contribution is 9.08. The number of methoxy groups -OCH3 is 1. The van der Waals surface area contributed by atoms with Crippen molar-refractivity contribution in [3.63, 3.8) is 0 Å². The Bertz CT molecular complexity index is 363. The van der Waals surface area contributed by atoms with Gasteiger partial charge < -0.3 is 9.84 Å². The monoisotopic (exact) mass is 272 g/mol. The van der Waals surface area contributed by atoms with Crippen LogP contribution >= 0.6 is 15.9 Å². The minimum absolute atomic E-state index is 0.492. The number of carboxylic acid groups (broad SMARTS) is 1. The van der Waals surface area contributed by atoms with E-state index in [0.717, 1.165) is 16.9 Å². The molecule has 1 aromatic rings. The normalized spacial score (nSPS) is 12.2. The summed E-state index contributed by atoms with van der Waals surface area (Å²) in [7, 11) is 1.60. The van der Waals surface area contributed by atoms with Crippen molar-refractivity contribution in [2.45, 2.75) is 18.2 Å². The van der Waals surface area contributed by atoms with Crippen molar-refractivity contribution >= 4 is 21.9 Å². The Hall–Kier alpha value is -1.03. The summed E-state index contributed by atoms with van der Waals surface area (Å²) in [4.78, 5) is 10.8. The average molecular weight is 273 g/mol. The van der Waals surface area contributed by atoms with Gasteiger partial charge >= 0.3 is 5.97 Å². The standard InChI is InChI=1S/C11H13BrO3/c1-7(11(13)14)8-3-4-10(15-2)9(5-8)6-12/h3-5,7H,6H2,1-2H3,(H,13,14). The van der Waals surface area contributed by atoms with Crippen LogP contribution in [0.15, 0.2) is 18.2 Å². The van der Waals surface area contributed by atoms with Gasteiger partial charge in [0.25, 0.3) is 0 Å². The summed E-state index contributed by atoms with van der Waals surface area (Å²) < 4.78 is 5.15. The molecule has 0 fully saturated rings. The van der Waals surface area contributed by atoms with Gasteiger partial charge in [-0.3, -0.25) is 4.79 Å². The molecule has 1 atom stereocenters. The van der Waals surface area contributed by atoms with E-state index in [1.165, 1.54) is 0 Å². The Labute approximate surface area is 97.2 Å². The first-order valence-electron chi connectivity index (χ1n) is 4.55. The van der Waals surface area contributed by atoms with Crippen molar-refractivity contribution < 1.29 is 14.6 Å². The van der Waals surface area contributed by atoms with Crippen LogP contribution in [0.5, 0.6) is 5.75 Å². The van der Waals surface area contributed by atoms with Crippen LogP contribution < -0.4 is 4.74 Å². The predicted octanol–water partition coefficient (Wildman–Crippen LogP) is 2.78. The minimum Gasteiger partial charge on any atom is -0.496 e. The lowest BCUT2D eigenvalue weighted by atomic mass is 9.99. The maximum atomic E-state index is 10.8. The van der Waals surface area contributed by atoms with Crippen LogP contribution in [-0.2, 0) is 10.1 Å². The van der Waals surface area contributed by atoms with Gasteiger partial charge in [-0.1, -0.05) is 28.1 Å². The minimum atomic E-state index is -0.819.